The minimum Gasteiger partial charge on any atom is -0.350 e. The van der Waals surface area contributed by atoms with Crippen molar-refractivity contribution in [3.8, 4) is 34.4 Å². The molecule has 4 aromatic heterocycles. The van der Waals surface area contributed by atoms with Gasteiger partial charge < -0.3 is 20.9 Å². The van der Waals surface area contributed by atoms with Crippen LogP contribution in [0.5, 0.6) is 0 Å². The van der Waals surface area contributed by atoms with Gasteiger partial charge in [0.2, 0.25) is 23.0 Å². The second kappa shape index (κ2) is 21.9. The van der Waals surface area contributed by atoms with Crippen molar-refractivity contribution in [2.45, 2.75) is 77.3 Å². The van der Waals surface area contributed by atoms with E-state index in [1.165, 1.54) is 32.7 Å². The van der Waals surface area contributed by atoms with Crippen LogP contribution in [0.25, 0.3) is 78.0 Å². The fourth-order valence-corrected chi connectivity index (χ4v) is 10.7. The molecule has 14 nitrogen and oxygen atoms in total. The first-order valence-electron chi connectivity index (χ1n) is 27.0. The van der Waals surface area contributed by atoms with Gasteiger partial charge in [-0.1, -0.05) is 84.9 Å². The van der Waals surface area contributed by atoms with Crippen LogP contribution >= 0.6 is 11.6 Å². The van der Waals surface area contributed by atoms with E-state index in [0.717, 1.165) is 127 Å². The molecule has 0 radical (unpaired) electrons. The lowest BCUT2D eigenvalue weighted by Gasteiger charge is -2.33. The molecule has 0 unspecified atom stereocenters. The van der Waals surface area contributed by atoms with Crippen molar-refractivity contribution in [2.24, 2.45) is 11.8 Å². The van der Waals surface area contributed by atoms with Gasteiger partial charge in [0, 0.05) is 67.1 Å². The summed E-state index contributed by atoms with van der Waals surface area (Å²) in [6, 6.07) is 46.8. The summed E-state index contributed by atoms with van der Waals surface area (Å²) in [4.78, 5) is 53.6. The zero-order valence-electron chi connectivity index (χ0n) is 43.4. The van der Waals surface area contributed by atoms with E-state index < -0.39 is 0 Å². The zero-order chi connectivity index (χ0) is 52.4. The number of carbonyl (C=O) groups excluding carboxylic acids is 2. The Hall–Kier alpha value is -8.07. The number of likely N-dealkylation sites (tertiary alicyclic amines) is 1. The molecule has 2 aliphatic carbocycles. The van der Waals surface area contributed by atoms with Crippen molar-refractivity contribution >= 4 is 78.3 Å². The van der Waals surface area contributed by atoms with Crippen LogP contribution in [0.2, 0.25) is 0 Å². The van der Waals surface area contributed by atoms with Gasteiger partial charge in [0.25, 0.3) is 0 Å². The van der Waals surface area contributed by atoms with E-state index in [0.29, 0.717) is 30.4 Å². The maximum Gasteiger partial charge on any atom is 0.225 e. The van der Waals surface area contributed by atoms with Crippen LogP contribution < -0.4 is 16.0 Å². The summed E-state index contributed by atoms with van der Waals surface area (Å²) in [5.74, 6) is 5.32. The fourth-order valence-electron chi connectivity index (χ4n) is 10.5. The topological polar surface area (TPSA) is 161 Å². The molecule has 0 bridgehead atoms. The second-order valence-electron chi connectivity index (χ2n) is 20.9. The molecule has 2 saturated carbocycles. The van der Waals surface area contributed by atoms with E-state index >= 15 is 0 Å². The second-order valence-corrected chi connectivity index (χ2v) is 21.3. The lowest BCUT2D eigenvalue weighted by Crippen LogP contribution is -2.45. The van der Waals surface area contributed by atoms with Crippen molar-refractivity contribution in [1.29, 1.82) is 0 Å². The number of nitrogens with one attached hydrogen (secondary N) is 3. The smallest absolute Gasteiger partial charge is 0.225 e. The first-order chi connectivity index (χ1) is 37.7. The van der Waals surface area contributed by atoms with Crippen LogP contribution in [-0.2, 0) is 9.59 Å². The van der Waals surface area contributed by atoms with E-state index in [1.54, 1.807) is 6.20 Å². The first-order valence-corrected chi connectivity index (χ1v) is 27.4. The molecule has 3 N–H and O–H groups in total. The summed E-state index contributed by atoms with van der Waals surface area (Å²) in [6.07, 6.45) is 12.0. The van der Waals surface area contributed by atoms with Crippen LogP contribution in [0, 0.1) is 25.7 Å². The standard InChI is InChI=1S/C31H30N6O.C27H26N6.C4H5ClO/c1-20-8-13-26-27(17-20)37(29(34-26)24-12-9-21-5-2-3-6-23(21)18-24)28-14-15-32-31(35-28)33-25-7-4-16-36(19-25)30(38)22-10-11-22;1-18-8-11-23-24(15-18)33(25-12-14-29-27(32-25)30-22-7-4-13-28-17-22)26(31-23)21-10-9-19-5-2-3-6-20(19)16-21;5-4(6)3-1-2-3/h2-3,5-6,8-9,12-15,17-18,22,25H,4,7,10-11,16,19H2,1H3,(H,32,33,35);2-3,5-6,8-12,14-16,22,28H,4,7,13,17H2,1H3,(H,29,30,32);3H,1-2H2/t25-;22-;/m00./s1. The molecule has 1 amide bonds. The molecule has 14 rings (SSSR count). The highest BCUT2D eigenvalue weighted by Gasteiger charge is 2.35. The Bertz CT molecular complexity index is 3800. The number of carbonyl (C=O) groups is 2. The number of nitrogens with zero attached hydrogens (tertiary/aromatic N) is 9. The Morgan fingerprint density at radius 3 is 1.57 bits per heavy atom. The molecule has 4 aliphatic rings. The van der Waals surface area contributed by atoms with Crippen LogP contribution in [0.15, 0.2) is 146 Å². The van der Waals surface area contributed by atoms with Crippen LogP contribution in [0.4, 0.5) is 11.9 Å². The molecular weight excluding hydrogens is 980 g/mol. The monoisotopic (exact) mass is 1040 g/mol. The Morgan fingerprint density at radius 2 is 1.08 bits per heavy atom. The molecule has 388 valence electrons. The summed E-state index contributed by atoms with van der Waals surface area (Å²) in [5, 5.41) is 15.1. The van der Waals surface area contributed by atoms with Crippen LogP contribution in [0.3, 0.4) is 0 Å². The molecule has 2 atom stereocenters. The highest BCUT2D eigenvalue weighted by molar-refractivity contribution is 6.64. The maximum absolute atomic E-state index is 12.6. The van der Waals surface area contributed by atoms with Gasteiger partial charge in [-0.3, -0.25) is 18.7 Å². The summed E-state index contributed by atoms with van der Waals surface area (Å²) in [5.41, 5.74) is 8.38. The highest BCUT2D eigenvalue weighted by Crippen LogP contribution is 2.35. The average Bonchev–Trinajstić information content (AvgIpc) is 4.45. The predicted octanol–water partition coefficient (Wildman–Crippen LogP) is 12.0. The molecule has 4 fully saturated rings. The van der Waals surface area contributed by atoms with Gasteiger partial charge >= 0.3 is 0 Å². The quantitative estimate of drug-likeness (QED) is 0.112. The molecule has 10 aromatic rings. The molecular formula is C62H61ClN12O2. The zero-order valence-corrected chi connectivity index (χ0v) is 44.1. The maximum atomic E-state index is 12.6. The Kier molecular flexibility index (Phi) is 14.1. The van der Waals surface area contributed by atoms with Gasteiger partial charge in [-0.15, -0.1) is 0 Å². The molecule has 77 heavy (non-hydrogen) atoms. The van der Waals surface area contributed by atoms with Gasteiger partial charge in [0.05, 0.1) is 22.1 Å². The average molecular weight is 1040 g/mol. The summed E-state index contributed by atoms with van der Waals surface area (Å²) in [6.45, 7) is 7.77. The lowest BCUT2D eigenvalue weighted by atomic mass is 10.1. The summed E-state index contributed by atoms with van der Waals surface area (Å²) >= 11 is 5.04. The summed E-state index contributed by atoms with van der Waals surface area (Å²) < 4.78 is 4.28. The number of amides is 1. The minimum atomic E-state index is -0.157. The van der Waals surface area contributed by atoms with Crippen molar-refractivity contribution in [1.82, 2.24) is 49.3 Å². The molecule has 2 aliphatic heterocycles. The number of anilines is 2. The number of hydrogen-bond donors (Lipinski definition) is 3. The predicted molar refractivity (Wildman–Crippen MR) is 308 cm³/mol. The number of rotatable bonds is 10. The van der Waals surface area contributed by atoms with E-state index in [2.05, 4.69) is 170 Å². The van der Waals surface area contributed by atoms with Crippen LogP contribution in [0.1, 0.15) is 62.5 Å². The largest absolute Gasteiger partial charge is 0.350 e. The third-order valence-electron chi connectivity index (χ3n) is 14.9. The SMILES string of the molecule is Cc1ccc2nc(-c3ccc4ccccc4c3)n(-c3ccnc(N[C@H]4CCCN(C(=O)C5CC5)C4)n3)c2c1.Cc1ccc2nc(-c3ccc4ccccc4c3)n(-c3ccnc(N[C@H]4CCCNC4)n3)c2c1.O=C(Cl)C1CC1. The number of halogens is 1. The van der Waals surface area contributed by atoms with Crippen molar-refractivity contribution in [3.05, 3.63) is 157 Å². The number of aromatic nitrogens is 8. The number of fused-ring (bicyclic) bond motifs is 4. The van der Waals surface area contributed by atoms with Gasteiger partial charge in [-0.25, -0.2) is 19.9 Å². The summed E-state index contributed by atoms with van der Waals surface area (Å²) in [7, 11) is 0. The van der Waals surface area contributed by atoms with Gasteiger partial charge in [0.1, 0.15) is 23.3 Å². The van der Waals surface area contributed by atoms with Gasteiger partial charge in [-0.05, 0) is 165 Å². The molecule has 15 heteroatoms. The number of hydrogen-bond acceptors (Lipinski definition) is 11. The van der Waals surface area contributed by atoms with E-state index in [-0.39, 0.29) is 23.1 Å². The van der Waals surface area contributed by atoms with Crippen molar-refractivity contribution in [3.63, 3.8) is 0 Å². The van der Waals surface area contributed by atoms with Crippen molar-refractivity contribution in [2.75, 3.05) is 36.8 Å². The van der Waals surface area contributed by atoms with E-state index in [9.17, 15) is 9.59 Å². The fraction of sp³-hybridized carbons (Fsp3) is 0.290. The Balaban J connectivity index is 0.000000141. The minimum absolute atomic E-state index is 0.142. The van der Waals surface area contributed by atoms with Gasteiger partial charge in [-0.2, -0.15) is 9.97 Å². The number of aryl methyl sites for hydroxylation is 2. The van der Waals surface area contributed by atoms with Crippen LogP contribution in [-0.4, -0.2) is 93.4 Å². The van der Waals surface area contributed by atoms with Crippen molar-refractivity contribution < 1.29 is 9.59 Å². The molecule has 6 heterocycles. The first kappa shape index (κ1) is 49.8. The molecule has 0 spiro atoms. The number of piperidine rings is 2. The number of imidazole rings is 2. The number of benzene rings is 6. The molecule has 2 saturated heterocycles. The lowest BCUT2D eigenvalue weighted by molar-refractivity contribution is -0.133. The highest BCUT2D eigenvalue weighted by atomic mass is 35.5. The third-order valence-corrected chi connectivity index (χ3v) is 15.2. The Labute approximate surface area is 452 Å². The van der Waals surface area contributed by atoms with E-state index in [1.807, 2.05) is 23.2 Å². The Morgan fingerprint density at radius 1 is 0.558 bits per heavy atom. The van der Waals surface area contributed by atoms with E-state index in [4.69, 9.17) is 31.5 Å². The van der Waals surface area contributed by atoms with Gasteiger partial charge in [0.15, 0.2) is 0 Å². The normalized spacial score (nSPS) is 17.4. The third kappa shape index (κ3) is 11.3. The molecule has 6 aromatic carbocycles.